The monoisotopic (exact) mass is 301 g/mol. The summed E-state index contributed by atoms with van der Waals surface area (Å²) in [5.41, 5.74) is 0.872. The van der Waals surface area contributed by atoms with Crippen molar-refractivity contribution in [1.82, 2.24) is 14.2 Å². The molecule has 0 saturated carbocycles. The van der Waals surface area contributed by atoms with Crippen LogP contribution in [0.4, 0.5) is 11.5 Å². The van der Waals surface area contributed by atoms with Crippen LogP contribution in [-0.4, -0.2) is 63.9 Å². The van der Waals surface area contributed by atoms with Gasteiger partial charge in [-0.1, -0.05) is 0 Å². The Hall–Kier alpha value is -1.38. The van der Waals surface area contributed by atoms with E-state index in [9.17, 15) is 8.42 Å². The summed E-state index contributed by atoms with van der Waals surface area (Å²) in [5.74, 6) is 0.303. The lowest BCUT2D eigenvalue weighted by Crippen LogP contribution is -2.29. The van der Waals surface area contributed by atoms with Crippen LogP contribution in [-0.2, 0) is 10.2 Å². The van der Waals surface area contributed by atoms with E-state index in [0.717, 1.165) is 29.5 Å². The smallest absolute Gasteiger partial charge is 0.302 e. The van der Waals surface area contributed by atoms with Crippen molar-refractivity contribution in [2.24, 2.45) is 0 Å². The summed E-state index contributed by atoms with van der Waals surface area (Å²) in [6.45, 7) is 1.86. The van der Waals surface area contributed by atoms with E-state index >= 15 is 0 Å². The molecule has 2 N–H and O–H groups in total. The number of hydrogen-bond donors (Lipinski definition) is 2. The van der Waals surface area contributed by atoms with E-state index in [0.29, 0.717) is 5.82 Å². The zero-order valence-electron chi connectivity index (χ0n) is 12.4. The van der Waals surface area contributed by atoms with Crippen LogP contribution in [0, 0.1) is 0 Å². The van der Waals surface area contributed by atoms with E-state index in [1.54, 1.807) is 18.3 Å². The van der Waals surface area contributed by atoms with Gasteiger partial charge in [-0.15, -0.1) is 0 Å². The van der Waals surface area contributed by atoms with E-state index in [2.05, 4.69) is 19.9 Å². The van der Waals surface area contributed by atoms with Crippen molar-refractivity contribution in [3.63, 3.8) is 0 Å². The third-order valence-electron chi connectivity index (χ3n) is 2.59. The first kappa shape index (κ1) is 16.7. The molecule has 0 radical (unpaired) electrons. The number of nitrogens with zero attached hydrogens (tertiary/aromatic N) is 3. The molecule has 0 fully saturated rings. The van der Waals surface area contributed by atoms with Crippen LogP contribution < -0.4 is 10.0 Å². The molecule has 0 aliphatic carbocycles. The molecule has 1 aromatic heterocycles. The average Bonchev–Trinajstić information content (AvgIpc) is 2.35. The largest absolute Gasteiger partial charge is 0.384 e. The zero-order valence-corrected chi connectivity index (χ0v) is 13.2. The van der Waals surface area contributed by atoms with Crippen LogP contribution >= 0.6 is 0 Å². The molecule has 1 aromatic rings. The maximum Gasteiger partial charge on any atom is 0.302 e. The maximum atomic E-state index is 11.6. The quantitative estimate of drug-likeness (QED) is 0.690. The Morgan fingerprint density at radius 3 is 2.40 bits per heavy atom. The highest BCUT2D eigenvalue weighted by molar-refractivity contribution is 7.90. The number of aromatic nitrogens is 1. The van der Waals surface area contributed by atoms with E-state index in [1.165, 1.54) is 14.1 Å². The minimum atomic E-state index is -3.50. The first-order chi connectivity index (χ1) is 9.31. The Bertz CT molecular complexity index is 499. The average molecular weight is 301 g/mol. The van der Waals surface area contributed by atoms with Crippen molar-refractivity contribution >= 4 is 21.7 Å². The molecule has 0 bridgehead atoms. The molecular weight excluding hydrogens is 278 g/mol. The summed E-state index contributed by atoms with van der Waals surface area (Å²) in [6.07, 6.45) is 2.64. The Morgan fingerprint density at radius 1 is 1.20 bits per heavy atom. The van der Waals surface area contributed by atoms with Crippen molar-refractivity contribution in [2.75, 3.05) is 51.3 Å². The second kappa shape index (κ2) is 7.41. The fourth-order valence-corrected chi connectivity index (χ4v) is 1.98. The lowest BCUT2D eigenvalue weighted by molar-refractivity contribution is 0.405. The Labute approximate surface area is 121 Å². The molecule has 0 unspecified atom stereocenters. The number of nitrogens with one attached hydrogen (secondary N) is 2. The van der Waals surface area contributed by atoms with Crippen molar-refractivity contribution in [1.29, 1.82) is 0 Å². The van der Waals surface area contributed by atoms with Crippen molar-refractivity contribution in [3.05, 3.63) is 18.3 Å². The molecule has 114 valence electrons. The highest BCUT2D eigenvalue weighted by atomic mass is 32.2. The van der Waals surface area contributed by atoms with Gasteiger partial charge in [-0.25, -0.2) is 4.98 Å². The van der Waals surface area contributed by atoms with Gasteiger partial charge in [0.05, 0.1) is 11.9 Å². The van der Waals surface area contributed by atoms with E-state index in [1.807, 2.05) is 14.1 Å². The first-order valence-electron chi connectivity index (χ1n) is 6.36. The second-order valence-corrected chi connectivity index (χ2v) is 6.79. The Balaban J connectivity index is 2.48. The van der Waals surface area contributed by atoms with Gasteiger partial charge in [0.25, 0.3) is 0 Å². The van der Waals surface area contributed by atoms with Gasteiger partial charge in [0.15, 0.2) is 0 Å². The van der Waals surface area contributed by atoms with Gasteiger partial charge in [0.2, 0.25) is 0 Å². The normalized spacial score (nSPS) is 11.9. The molecule has 1 rings (SSSR count). The fourth-order valence-electron chi connectivity index (χ4n) is 1.41. The Kier molecular flexibility index (Phi) is 6.18. The van der Waals surface area contributed by atoms with Crippen molar-refractivity contribution in [3.8, 4) is 0 Å². The van der Waals surface area contributed by atoms with Gasteiger partial charge >= 0.3 is 10.2 Å². The molecule has 0 aliphatic rings. The second-order valence-electron chi connectivity index (χ2n) is 4.91. The highest BCUT2D eigenvalue weighted by Gasteiger charge is 2.13. The third-order valence-corrected chi connectivity index (χ3v) is 4.02. The molecule has 0 aliphatic heterocycles. The fraction of sp³-hybridized carbons (Fsp3) is 0.583. The SMILES string of the molecule is CN(C)CCCNc1ccc(NS(=O)(=O)N(C)C)nc1. The molecule has 8 heteroatoms. The minimum Gasteiger partial charge on any atom is -0.384 e. The van der Waals surface area contributed by atoms with Crippen LogP contribution in [0.1, 0.15) is 6.42 Å². The molecule has 0 amide bonds. The molecule has 0 aromatic carbocycles. The van der Waals surface area contributed by atoms with Crippen LogP contribution in [0.2, 0.25) is 0 Å². The summed E-state index contributed by atoms with van der Waals surface area (Å²) in [7, 11) is 3.49. The predicted molar refractivity (Wildman–Crippen MR) is 82.1 cm³/mol. The summed E-state index contributed by atoms with van der Waals surface area (Å²) in [6, 6.07) is 3.44. The molecule has 1 heterocycles. The van der Waals surface area contributed by atoms with E-state index < -0.39 is 10.2 Å². The van der Waals surface area contributed by atoms with Crippen molar-refractivity contribution < 1.29 is 8.42 Å². The standard InChI is InChI=1S/C12H23N5O2S/c1-16(2)9-5-8-13-11-6-7-12(14-10-11)15-20(18,19)17(3)4/h6-7,10,13H,5,8-9H2,1-4H3,(H,14,15). The molecule has 7 nitrogen and oxygen atoms in total. The van der Waals surface area contributed by atoms with Gasteiger partial charge in [0.1, 0.15) is 5.82 Å². The van der Waals surface area contributed by atoms with Crippen LogP contribution in [0.5, 0.6) is 0 Å². The van der Waals surface area contributed by atoms with Gasteiger partial charge in [0, 0.05) is 20.6 Å². The lowest BCUT2D eigenvalue weighted by atomic mass is 10.3. The maximum absolute atomic E-state index is 11.6. The topological polar surface area (TPSA) is 77.6 Å². The number of hydrogen-bond acceptors (Lipinski definition) is 5. The zero-order chi connectivity index (χ0) is 15.2. The number of pyridine rings is 1. The van der Waals surface area contributed by atoms with Gasteiger partial charge < -0.3 is 10.2 Å². The summed E-state index contributed by atoms with van der Waals surface area (Å²) < 4.78 is 26.7. The minimum absolute atomic E-state index is 0.303. The van der Waals surface area contributed by atoms with Crippen LogP contribution in [0.3, 0.4) is 0 Å². The van der Waals surface area contributed by atoms with Gasteiger partial charge in [-0.2, -0.15) is 12.7 Å². The van der Waals surface area contributed by atoms with E-state index in [-0.39, 0.29) is 0 Å². The molecule has 0 atom stereocenters. The van der Waals surface area contributed by atoms with Crippen LogP contribution in [0.15, 0.2) is 18.3 Å². The van der Waals surface area contributed by atoms with Crippen LogP contribution in [0.25, 0.3) is 0 Å². The van der Waals surface area contributed by atoms with Gasteiger partial charge in [-0.3, -0.25) is 4.72 Å². The third kappa shape index (κ3) is 5.72. The first-order valence-corrected chi connectivity index (χ1v) is 7.80. The Morgan fingerprint density at radius 2 is 1.90 bits per heavy atom. The lowest BCUT2D eigenvalue weighted by Gasteiger charge is -2.13. The highest BCUT2D eigenvalue weighted by Crippen LogP contribution is 2.11. The molecule has 0 spiro atoms. The summed E-state index contributed by atoms with van der Waals surface area (Å²) in [5, 5.41) is 3.24. The predicted octanol–water partition coefficient (Wildman–Crippen LogP) is 0.664. The molecule has 0 saturated heterocycles. The van der Waals surface area contributed by atoms with Crippen molar-refractivity contribution in [2.45, 2.75) is 6.42 Å². The molecule has 20 heavy (non-hydrogen) atoms. The molecular formula is C12H23N5O2S. The van der Waals surface area contributed by atoms with E-state index in [4.69, 9.17) is 0 Å². The number of rotatable bonds is 8. The van der Waals surface area contributed by atoms with Gasteiger partial charge in [-0.05, 0) is 39.2 Å². The summed E-state index contributed by atoms with van der Waals surface area (Å²) >= 11 is 0. The summed E-state index contributed by atoms with van der Waals surface area (Å²) in [4.78, 5) is 6.19. The number of anilines is 2.